The highest BCUT2D eigenvalue weighted by Crippen LogP contribution is 2.38. The summed E-state index contributed by atoms with van der Waals surface area (Å²) in [5.74, 6) is -0.366. The first-order chi connectivity index (χ1) is 11.4. The van der Waals surface area contributed by atoms with Gasteiger partial charge in [0, 0.05) is 5.56 Å². The van der Waals surface area contributed by atoms with Gasteiger partial charge < -0.3 is 4.74 Å². The molecule has 0 aliphatic carbocycles. The minimum absolute atomic E-state index is 0.366. The number of rotatable bonds is 1. The fourth-order valence-electron chi connectivity index (χ4n) is 2.59. The molecule has 2 aromatic rings. The smallest absolute Gasteiger partial charge is 0.422 e. The van der Waals surface area contributed by atoms with Gasteiger partial charge in [0.1, 0.15) is 5.60 Å². The van der Waals surface area contributed by atoms with Gasteiger partial charge in [0.05, 0.1) is 11.3 Å². The van der Waals surface area contributed by atoms with Crippen LogP contribution in [0.4, 0.5) is 10.5 Å². The summed E-state index contributed by atoms with van der Waals surface area (Å²) in [6.45, 7) is 5.33. The Morgan fingerprint density at radius 2 is 1.62 bits per heavy atom. The number of carbonyl (C=O) groups excluding carboxylic acids is 2. The second-order valence-electron chi connectivity index (χ2n) is 6.61. The zero-order valence-corrected chi connectivity index (χ0v) is 13.9. The number of nitrogens with zero attached hydrogens (tertiary/aromatic N) is 1. The molecular weight excluding hydrogens is 302 g/mol. The van der Waals surface area contributed by atoms with E-state index in [0.29, 0.717) is 11.3 Å². The van der Waals surface area contributed by atoms with Crippen molar-refractivity contribution in [3.63, 3.8) is 0 Å². The molecule has 1 aliphatic heterocycles. The largest absolute Gasteiger partial charge is 0.443 e. The lowest BCUT2D eigenvalue weighted by Gasteiger charge is -2.23. The topological polar surface area (TPSA) is 46.6 Å². The summed E-state index contributed by atoms with van der Waals surface area (Å²) >= 11 is 0. The lowest BCUT2D eigenvalue weighted by molar-refractivity contribution is -0.112. The van der Waals surface area contributed by atoms with Crippen LogP contribution in [-0.2, 0) is 9.53 Å². The molecule has 1 aliphatic rings. The fourth-order valence-corrected chi connectivity index (χ4v) is 2.59. The van der Waals surface area contributed by atoms with Crippen LogP contribution in [0.3, 0.4) is 0 Å². The third kappa shape index (κ3) is 3.08. The Bertz CT molecular complexity index is 816. The van der Waals surface area contributed by atoms with Gasteiger partial charge in [-0.2, -0.15) is 0 Å². The Kier molecular flexibility index (Phi) is 3.97. The SMILES string of the molecule is CC(C)(C)OC(=O)N1C(=O)/C(=C/c2ccccc2)c2ccccc21. The van der Waals surface area contributed by atoms with E-state index in [9.17, 15) is 9.59 Å². The van der Waals surface area contributed by atoms with Crippen LogP contribution < -0.4 is 4.90 Å². The molecule has 2 amide bonds. The molecule has 0 atom stereocenters. The van der Waals surface area contributed by atoms with Crippen molar-refractivity contribution in [1.29, 1.82) is 0 Å². The summed E-state index contributed by atoms with van der Waals surface area (Å²) in [4.78, 5) is 26.4. The number of ether oxygens (including phenoxy) is 1. The first-order valence-corrected chi connectivity index (χ1v) is 7.80. The molecule has 0 saturated carbocycles. The minimum Gasteiger partial charge on any atom is -0.443 e. The maximum absolute atomic E-state index is 12.9. The van der Waals surface area contributed by atoms with E-state index < -0.39 is 11.7 Å². The number of fused-ring (bicyclic) bond motifs is 1. The third-order valence-electron chi connectivity index (χ3n) is 3.56. The van der Waals surface area contributed by atoms with Crippen LogP contribution in [0.5, 0.6) is 0 Å². The third-order valence-corrected chi connectivity index (χ3v) is 3.56. The molecule has 0 aromatic heterocycles. The number of imide groups is 1. The van der Waals surface area contributed by atoms with Crippen LogP contribution in [0.25, 0.3) is 11.6 Å². The highest BCUT2D eigenvalue weighted by atomic mass is 16.6. The number of carbonyl (C=O) groups is 2. The first-order valence-electron chi connectivity index (χ1n) is 7.80. The number of anilines is 1. The van der Waals surface area contributed by atoms with E-state index in [2.05, 4.69) is 0 Å². The Labute approximate surface area is 141 Å². The molecule has 122 valence electrons. The van der Waals surface area contributed by atoms with E-state index in [0.717, 1.165) is 16.0 Å². The normalized spacial score (nSPS) is 15.5. The zero-order valence-electron chi connectivity index (χ0n) is 13.9. The summed E-state index contributed by atoms with van der Waals surface area (Å²) < 4.78 is 5.39. The summed E-state index contributed by atoms with van der Waals surface area (Å²) in [7, 11) is 0. The summed E-state index contributed by atoms with van der Waals surface area (Å²) in [6.07, 6.45) is 1.14. The van der Waals surface area contributed by atoms with Crippen molar-refractivity contribution < 1.29 is 14.3 Å². The monoisotopic (exact) mass is 321 g/mol. The highest BCUT2D eigenvalue weighted by Gasteiger charge is 2.38. The molecule has 0 saturated heterocycles. The van der Waals surface area contributed by atoms with Gasteiger partial charge in [-0.25, -0.2) is 9.69 Å². The van der Waals surface area contributed by atoms with Crippen LogP contribution in [0, 0.1) is 0 Å². The van der Waals surface area contributed by atoms with E-state index in [1.165, 1.54) is 0 Å². The van der Waals surface area contributed by atoms with Crippen molar-refractivity contribution >= 4 is 29.3 Å². The molecule has 1 heterocycles. The molecule has 4 heteroatoms. The first kappa shape index (κ1) is 16.0. The average molecular weight is 321 g/mol. The molecule has 0 N–H and O–H groups in total. The van der Waals surface area contributed by atoms with Crippen LogP contribution in [0.2, 0.25) is 0 Å². The standard InChI is InChI=1S/C20H19NO3/c1-20(2,3)24-19(23)21-17-12-8-7-11-15(17)16(18(21)22)13-14-9-5-4-6-10-14/h4-13H,1-3H3/b16-13+. The van der Waals surface area contributed by atoms with E-state index in [1.54, 1.807) is 39.0 Å². The van der Waals surface area contributed by atoms with Gasteiger partial charge >= 0.3 is 6.09 Å². The van der Waals surface area contributed by atoms with Crippen molar-refractivity contribution in [3.8, 4) is 0 Å². The van der Waals surface area contributed by atoms with Gasteiger partial charge in [-0.15, -0.1) is 0 Å². The van der Waals surface area contributed by atoms with Crippen molar-refractivity contribution in [2.24, 2.45) is 0 Å². The van der Waals surface area contributed by atoms with Gasteiger partial charge in [-0.1, -0.05) is 48.5 Å². The Morgan fingerprint density at radius 1 is 1.00 bits per heavy atom. The van der Waals surface area contributed by atoms with Crippen LogP contribution in [-0.4, -0.2) is 17.6 Å². The number of para-hydroxylation sites is 1. The maximum Gasteiger partial charge on any atom is 0.422 e. The molecule has 0 unspecified atom stereocenters. The van der Waals surface area contributed by atoms with Crippen molar-refractivity contribution in [3.05, 3.63) is 65.7 Å². The Hall–Kier alpha value is -2.88. The van der Waals surface area contributed by atoms with Crippen LogP contribution in [0.15, 0.2) is 54.6 Å². The van der Waals surface area contributed by atoms with Crippen LogP contribution >= 0.6 is 0 Å². The van der Waals surface area contributed by atoms with Gasteiger partial charge in [-0.3, -0.25) is 4.79 Å². The van der Waals surface area contributed by atoms with E-state index in [-0.39, 0.29) is 5.91 Å². The minimum atomic E-state index is -0.668. The molecule has 0 fully saturated rings. The van der Waals surface area contributed by atoms with Crippen molar-refractivity contribution in [2.45, 2.75) is 26.4 Å². The van der Waals surface area contributed by atoms with Gasteiger partial charge in [0.15, 0.2) is 0 Å². The maximum atomic E-state index is 12.9. The summed E-state index contributed by atoms with van der Waals surface area (Å²) in [6, 6.07) is 16.8. The van der Waals surface area contributed by atoms with Gasteiger partial charge in [-0.05, 0) is 38.5 Å². The number of amides is 2. The summed E-state index contributed by atoms with van der Waals surface area (Å²) in [5.41, 5.74) is 2.01. The van der Waals surface area contributed by atoms with Gasteiger partial charge in [0.2, 0.25) is 0 Å². The molecular formula is C20H19NO3. The molecule has 0 spiro atoms. The second-order valence-corrected chi connectivity index (χ2v) is 6.61. The average Bonchev–Trinajstić information content (AvgIpc) is 2.79. The lowest BCUT2D eigenvalue weighted by atomic mass is 10.0. The zero-order chi connectivity index (χ0) is 17.3. The molecule has 0 radical (unpaired) electrons. The second kappa shape index (κ2) is 5.96. The van der Waals surface area contributed by atoms with E-state index >= 15 is 0 Å². The highest BCUT2D eigenvalue weighted by molar-refractivity contribution is 6.41. The van der Waals surface area contributed by atoms with E-state index in [1.807, 2.05) is 42.5 Å². The number of hydrogen-bond donors (Lipinski definition) is 0. The van der Waals surface area contributed by atoms with Crippen molar-refractivity contribution in [2.75, 3.05) is 4.90 Å². The molecule has 3 rings (SSSR count). The Balaban J connectivity index is 2.04. The number of benzene rings is 2. The fraction of sp³-hybridized carbons (Fsp3) is 0.200. The van der Waals surface area contributed by atoms with Gasteiger partial charge in [0.25, 0.3) is 5.91 Å². The number of hydrogen-bond acceptors (Lipinski definition) is 3. The lowest BCUT2D eigenvalue weighted by Crippen LogP contribution is -2.38. The quantitative estimate of drug-likeness (QED) is 0.726. The van der Waals surface area contributed by atoms with E-state index in [4.69, 9.17) is 4.74 Å². The molecule has 0 bridgehead atoms. The molecule has 24 heavy (non-hydrogen) atoms. The molecule has 2 aromatic carbocycles. The predicted molar refractivity (Wildman–Crippen MR) is 94.5 cm³/mol. The van der Waals surface area contributed by atoms with Crippen LogP contribution in [0.1, 0.15) is 31.9 Å². The summed E-state index contributed by atoms with van der Waals surface area (Å²) in [5, 5.41) is 0. The van der Waals surface area contributed by atoms with Crippen molar-refractivity contribution in [1.82, 2.24) is 0 Å². The molecule has 4 nitrogen and oxygen atoms in total. The predicted octanol–water partition coefficient (Wildman–Crippen LogP) is 4.51. The Morgan fingerprint density at radius 3 is 2.29 bits per heavy atom.